The average Bonchev–Trinajstić information content (AvgIpc) is 3.60. The van der Waals surface area contributed by atoms with Crippen LogP contribution in [0.2, 0.25) is 0 Å². The number of aromatic nitrogens is 5. The quantitative estimate of drug-likeness (QED) is 0.211. The topological polar surface area (TPSA) is 130 Å². The summed E-state index contributed by atoms with van der Waals surface area (Å²) in [7, 11) is 0. The van der Waals surface area contributed by atoms with Crippen LogP contribution in [-0.2, 0) is 6.42 Å². The van der Waals surface area contributed by atoms with E-state index < -0.39 is 6.10 Å². The zero-order chi connectivity index (χ0) is 24.0. The molecule has 3 atom stereocenters. The molecule has 0 amide bonds. The van der Waals surface area contributed by atoms with Gasteiger partial charge in [0.1, 0.15) is 17.8 Å². The van der Waals surface area contributed by atoms with Gasteiger partial charge in [0.15, 0.2) is 0 Å². The summed E-state index contributed by atoms with van der Waals surface area (Å²) in [6.45, 7) is 3.87. The van der Waals surface area contributed by atoms with Crippen molar-refractivity contribution in [3.63, 3.8) is 0 Å². The normalized spacial score (nSPS) is 20.1. The van der Waals surface area contributed by atoms with Crippen molar-refractivity contribution >= 4 is 16.9 Å². The van der Waals surface area contributed by atoms with E-state index in [1.807, 2.05) is 12.3 Å². The molecule has 4 aromatic rings. The summed E-state index contributed by atoms with van der Waals surface area (Å²) in [5, 5.41) is 25.9. The van der Waals surface area contributed by atoms with Crippen LogP contribution in [0.1, 0.15) is 30.9 Å². The Kier molecular flexibility index (Phi) is 7.37. The molecule has 1 aliphatic rings. The lowest BCUT2D eigenvalue weighted by Crippen LogP contribution is -2.26. The van der Waals surface area contributed by atoms with Crippen LogP contribution < -0.4 is 16.4 Å². The summed E-state index contributed by atoms with van der Waals surface area (Å²) in [6.07, 6.45) is 8.59. The van der Waals surface area contributed by atoms with Crippen molar-refractivity contribution in [2.75, 3.05) is 31.9 Å². The molecule has 1 fully saturated rings. The molecule has 6 N–H and O–H groups in total. The number of fused-ring (bicyclic) bond motifs is 1. The molecule has 0 aliphatic heterocycles. The molecule has 1 aromatic carbocycles. The van der Waals surface area contributed by atoms with Gasteiger partial charge in [-0.25, -0.2) is 9.97 Å². The fraction of sp³-hybridized carbons (Fsp3) is 0.423. The molecule has 35 heavy (non-hydrogen) atoms. The first-order valence-corrected chi connectivity index (χ1v) is 12.4. The predicted octanol–water partition coefficient (Wildman–Crippen LogP) is 2.53. The zero-order valence-electron chi connectivity index (χ0n) is 19.9. The summed E-state index contributed by atoms with van der Waals surface area (Å²) in [6, 6.07) is 12.4. The highest BCUT2D eigenvalue weighted by Gasteiger charge is 2.35. The zero-order valence-corrected chi connectivity index (χ0v) is 19.9. The minimum atomic E-state index is -0.428. The molecule has 0 radical (unpaired) electrons. The Balaban J connectivity index is 1.12. The number of hydrogen-bond acceptors (Lipinski definition) is 7. The standard InChI is InChI=1S/C26H34N8O/c27-25-24-20(21-8-12-32-33-21)16-34(26(24)31-17-30-25)22-13-19(14-23(22)35)15-29-10-4-9-28-11-7-18-5-2-1-3-6-18/h1-3,5-6,8,12,16-17,19,22-23,28-29,35H,4,7,9-11,13-15H2,(H,32,33)(H2,27,30,31)/t19-,22+,23+/m0/s1. The number of benzene rings is 1. The largest absolute Gasteiger partial charge is 0.391 e. The van der Waals surface area contributed by atoms with Gasteiger partial charge in [0.25, 0.3) is 0 Å². The van der Waals surface area contributed by atoms with Gasteiger partial charge in [-0.1, -0.05) is 30.3 Å². The maximum absolute atomic E-state index is 10.9. The van der Waals surface area contributed by atoms with E-state index in [1.165, 1.54) is 11.9 Å². The monoisotopic (exact) mass is 474 g/mol. The Morgan fingerprint density at radius 3 is 2.74 bits per heavy atom. The molecule has 1 aliphatic carbocycles. The molecule has 9 heteroatoms. The number of nitrogens with two attached hydrogens (primary N) is 1. The third kappa shape index (κ3) is 5.37. The van der Waals surface area contributed by atoms with E-state index in [-0.39, 0.29) is 6.04 Å². The van der Waals surface area contributed by atoms with Crippen LogP contribution in [0.15, 0.2) is 55.1 Å². The van der Waals surface area contributed by atoms with Crippen LogP contribution in [0.3, 0.4) is 0 Å². The maximum Gasteiger partial charge on any atom is 0.146 e. The summed E-state index contributed by atoms with van der Waals surface area (Å²) in [5.41, 5.74) is 10.1. The smallest absolute Gasteiger partial charge is 0.146 e. The summed E-state index contributed by atoms with van der Waals surface area (Å²) in [5.74, 6) is 0.842. The number of aliphatic hydroxyl groups is 1. The lowest BCUT2D eigenvalue weighted by atomic mass is 10.1. The molecule has 9 nitrogen and oxygen atoms in total. The van der Waals surface area contributed by atoms with Crippen LogP contribution in [0, 0.1) is 5.92 Å². The van der Waals surface area contributed by atoms with Crippen molar-refractivity contribution in [1.82, 2.24) is 35.4 Å². The van der Waals surface area contributed by atoms with Crippen molar-refractivity contribution in [3.05, 3.63) is 60.7 Å². The van der Waals surface area contributed by atoms with Crippen LogP contribution in [0.25, 0.3) is 22.3 Å². The Hall–Kier alpha value is -3.27. The number of hydrogen-bond donors (Lipinski definition) is 5. The van der Waals surface area contributed by atoms with Gasteiger partial charge in [-0.15, -0.1) is 0 Å². The van der Waals surface area contributed by atoms with E-state index in [0.29, 0.717) is 11.7 Å². The number of nitrogen functional groups attached to an aromatic ring is 1. The maximum atomic E-state index is 10.9. The molecule has 0 bridgehead atoms. The highest BCUT2D eigenvalue weighted by atomic mass is 16.3. The van der Waals surface area contributed by atoms with Gasteiger partial charge >= 0.3 is 0 Å². The number of rotatable bonds is 11. The highest BCUT2D eigenvalue weighted by Crippen LogP contribution is 2.40. The second kappa shape index (κ2) is 11.0. The Labute approximate surface area is 205 Å². The van der Waals surface area contributed by atoms with E-state index in [0.717, 1.165) is 74.2 Å². The number of nitrogens with zero attached hydrogens (tertiary/aromatic N) is 4. The summed E-state index contributed by atoms with van der Waals surface area (Å²) >= 11 is 0. The van der Waals surface area contributed by atoms with E-state index in [2.05, 4.69) is 65.7 Å². The van der Waals surface area contributed by atoms with Gasteiger partial charge in [0, 0.05) is 18.0 Å². The molecule has 1 saturated carbocycles. The summed E-state index contributed by atoms with van der Waals surface area (Å²) in [4.78, 5) is 8.70. The van der Waals surface area contributed by atoms with E-state index >= 15 is 0 Å². The van der Waals surface area contributed by atoms with Crippen molar-refractivity contribution in [3.8, 4) is 11.3 Å². The second-order valence-corrected chi connectivity index (χ2v) is 9.39. The Morgan fingerprint density at radius 1 is 1.06 bits per heavy atom. The molecule has 0 unspecified atom stereocenters. The van der Waals surface area contributed by atoms with Crippen molar-refractivity contribution in [2.45, 2.75) is 37.8 Å². The van der Waals surface area contributed by atoms with E-state index in [4.69, 9.17) is 5.73 Å². The second-order valence-electron chi connectivity index (χ2n) is 9.39. The van der Waals surface area contributed by atoms with Gasteiger partial charge in [-0.3, -0.25) is 5.10 Å². The van der Waals surface area contributed by atoms with Gasteiger partial charge in [-0.05, 0) is 69.4 Å². The number of aromatic amines is 1. The van der Waals surface area contributed by atoms with E-state index in [9.17, 15) is 5.11 Å². The summed E-state index contributed by atoms with van der Waals surface area (Å²) < 4.78 is 2.07. The lowest BCUT2D eigenvalue weighted by molar-refractivity contribution is 0.136. The molecule has 3 aromatic heterocycles. The third-order valence-corrected chi connectivity index (χ3v) is 6.95. The number of aliphatic hydroxyl groups excluding tert-OH is 1. The first-order valence-electron chi connectivity index (χ1n) is 12.4. The van der Waals surface area contributed by atoms with Crippen LogP contribution in [0.4, 0.5) is 5.82 Å². The lowest BCUT2D eigenvalue weighted by Gasteiger charge is -2.17. The third-order valence-electron chi connectivity index (χ3n) is 6.95. The van der Waals surface area contributed by atoms with Crippen molar-refractivity contribution < 1.29 is 5.11 Å². The fourth-order valence-electron chi connectivity index (χ4n) is 5.18. The van der Waals surface area contributed by atoms with Gasteiger partial charge in [-0.2, -0.15) is 5.10 Å². The molecular weight excluding hydrogens is 440 g/mol. The number of anilines is 1. The molecule has 3 heterocycles. The average molecular weight is 475 g/mol. The van der Waals surface area contributed by atoms with Crippen LogP contribution in [-0.4, -0.2) is 62.1 Å². The first-order chi connectivity index (χ1) is 17.2. The Morgan fingerprint density at radius 2 is 1.91 bits per heavy atom. The Bertz CT molecular complexity index is 1210. The molecule has 184 valence electrons. The molecule has 0 saturated heterocycles. The minimum absolute atomic E-state index is 0.0464. The van der Waals surface area contributed by atoms with Crippen LogP contribution in [0.5, 0.6) is 0 Å². The molecule has 0 spiro atoms. The van der Waals surface area contributed by atoms with E-state index in [1.54, 1.807) is 6.20 Å². The van der Waals surface area contributed by atoms with Gasteiger partial charge in [0.2, 0.25) is 0 Å². The van der Waals surface area contributed by atoms with Gasteiger partial charge < -0.3 is 26.0 Å². The number of H-pyrrole nitrogens is 1. The van der Waals surface area contributed by atoms with Crippen molar-refractivity contribution in [2.24, 2.45) is 5.92 Å². The molecule has 5 rings (SSSR count). The first kappa shape index (κ1) is 23.5. The van der Waals surface area contributed by atoms with Crippen molar-refractivity contribution in [1.29, 1.82) is 0 Å². The SMILES string of the molecule is Nc1ncnc2c1c(-c1ccn[nH]1)cn2[C@@H]1C[C@H](CNCCCNCCc2ccccc2)C[C@H]1O. The van der Waals surface area contributed by atoms with Gasteiger partial charge in [0.05, 0.1) is 23.2 Å². The highest BCUT2D eigenvalue weighted by molar-refractivity contribution is 5.99. The predicted molar refractivity (Wildman–Crippen MR) is 138 cm³/mol. The minimum Gasteiger partial charge on any atom is -0.391 e. The molecular formula is C26H34N8O. The fourth-order valence-corrected chi connectivity index (χ4v) is 5.18. The number of nitrogens with one attached hydrogen (secondary N) is 3. The van der Waals surface area contributed by atoms with Crippen LogP contribution >= 0.6 is 0 Å².